The maximum Gasteiger partial charge on any atom is 0.239 e. The second-order valence-corrected chi connectivity index (χ2v) is 4.33. The molecule has 0 saturated carbocycles. The molecule has 9 heteroatoms. The van der Waals surface area contributed by atoms with Gasteiger partial charge in [-0.25, -0.2) is 8.78 Å². The Hall–Kier alpha value is -2.26. The number of rotatable bonds is 8. The summed E-state index contributed by atoms with van der Waals surface area (Å²) in [5, 5.41) is 14.2. The van der Waals surface area contributed by atoms with Gasteiger partial charge in [0.1, 0.15) is 18.5 Å². The van der Waals surface area contributed by atoms with Crippen LogP contribution in [-0.4, -0.2) is 49.3 Å². The van der Waals surface area contributed by atoms with E-state index in [2.05, 4.69) is 10.6 Å². The number of carbonyl (C=O) groups is 2. The molecule has 2 amide bonds. The fraction of sp³-hybridized carbons (Fsp3) is 0.385. The Labute approximate surface area is 125 Å². The van der Waals surface area contributed by atoms with Crippen molar-refractivity contribution in [2.75, 3.05) is 26.2 Å². The fourth-order valence-electron chi connectivity index (χ4n) is 1.36. The van der Waals surface area contributed by atoms with Crippen LogP contribution >= 0.6 is 0 Å². The van der Waals surface area contributed by atoms with Gasteiger partial charge in [0.25, 0.3) is 0 Å². The SMILES string of the molecule is NCC(=O)NCC(=O)NCC(O)COc1ccc(F)c(F)c1. The minimum absolute atomic E-state index is 0.0551. The van der Waals surface area contributed by atoms with Crippen molar-refractivity contribution in [2.24, 2.45) is 5.73 Å². The zero-order valence-electron chi connectivity index (χ0n) is 11.6. The molecule has 1 aromatic rings. The van der Waals surface area contributed by atoms with E-state index in [4.69, 9.17) is 10.5 Å². The lowest BCUT2D eigenvalue weighted by Gasteiger charge is -2.13. The lowest BCUT2D eigenvalue weighted by molar-refractivity contribution is -0.125. The maximum absolute atomic E-state index is 12.9. The van der Waals surface area contributed by atoms with Gasteiger partial charge < -0.3 is 26.2 Å². The van der Waals surface area contributed by atoms with Crippen molar-refractivity contribution in [3.63, 3.8) is 0 Å². The Kier molecular flexibility index (Phi) is 7.20. The van der Waals surface area contributed by atoms with E-state index in [0.717, 1.165) is 12.1 Å². The summed E-state index contributed by atoms with van der Waals surface area (Å²) >= 11 is 0. The van der Waals surface area contributed by atoms with Crippen molar-refractivity contribution >= 4 is 11.8 Å². The summed E-state index contributed by atoms with van der Waals surface area (Å²) in [6.07, 6.45) is -1.05. The number of nitrogens with two attached hydrogens (primary N) is 1. The monoisotopic (exact) mass is 317 g/mol. The van der Waals surface area contributed by atoms with Crippen LogP contribution in [0.4, 0.5) is 8.78 Å². The Morgan fingerprint density at radius 2 is 1.95 bits per heavy atom. The molecule has 0 aliphatic carbocycles. The van der Waals surface area contributed by atoms with Crippen LogP contribution in [-0.2, 0) is 9.59 Å². The van der Waals surface area contributed by atoms with Crippen molar-refractivity contribution in [3.8, 4) is 5.75 Å². The van der Waals surface area contributed by atoms with E-state index < -0.39 is 29.6 Å². The number of aliphatic hydroxyl groups excluding tert-OH is 1. The average molecular weight is 317 g/mol. The normalized spacial score (nSPS) is 11.6. The molecular formula is C13H17F2N3O4. The van der Waals surface area contributed by atoms with E-state index in [1.54, 1.807) is 0 Å². The molecule has 0 bridgehead atoms. The smallest absolute Gasteiger partial charge is 0.239 e. The second-order valence-electron chi connectivity index (χ2n) is 4.33. The number of amides is 2. The molecule has 5 N–H and O–H groups in total. The highest BCUT2D eigenvalue weighted by Crippen LogP contribution is 2.15. The van der Waals surface area contributed by atoms with Gasteiger partial charge in [-0.15, -0.1) is 0 Å². The van der Waals surface area contributed by atoms with Crippen molar-refractivity contribution < 1.29 is 28.2 Å². The first-order chi connectivity index (χ1) is 10.4. The molecule has 1 rings (SSSR count). The Morgan fingerprint density at radius 1 is 1.23 bits per heavy atom. The van der Waals surface area contributed by atoms with Crippen LogP contribution in [0.2, 0.25) is 0 Å². The highest BCUT2D eigenvalue weighted by atomic mass is 19.2. The minimum atomic E-state index is -1.06. The Balaban J connectivity index is 2.25. The third kappa shape index (κ3) is 6.46. The molecule has 1 unspecified atom stereocenters. The quantitative estimate of drug-likeness (QED) is 0.486. The molecule has 0 aliphatic rings. The van der Waals surface area contributed by atoms with Gasteiger partial charge in [0.2, 0.25) is 11.8 Å². The van der Waals surface area contributed by atoms with Gasteiger partial charge in [-0.1, -0.05) is 0 Å². The largest absolute Gasteiger partial charge is 0.491 e. The van der Waals surface area contributed by atoms with Gasteiger partial charge in [0.05, 0.1) is 13.1 Å². The van der Waals surface area contributed by atoms with Crippen LogP contribution in [0.25, 0.3) is 0 Å². The highest BCUT2D eigenvalue weighted by molar-refractivity contribution is 5.85. The number of hydrogen-bond acceptors (Lipinski definition) is 5. The maximum atomic E-state index is 12.9. The standard InChI is InChI=1S/C13H17F2N3O4/c14-10-2-1-9(3-11(10)15)22-7-8(19)5-17-13(21)6-18-12(20)4-16/h1-3,8,19H,4-7,16H2,(H,17,21)(H,18,20). The highest BCUT2D eigenvalue weighted by Gasteiger charge is 2.10. The number of carbonyl (C=O) groups excluding carboxylic acids is 2. The predicted molar refractivity (Wildman–Crippen MR) is 72.9 cm³/mol. The third-order valence-corrected chi connectivity index (χ3v) is 2.50. The molecule has 0 aromatic heterocycles. The van der Waals surface area contributed by atoms with E-state index in [1.165, 1.54) is 6.07 Å². The molecule has 1 aromatic carbocycles. The minimum Gasteiger partial charge on any atom is -0.491 e. The zero-order chi connectivity index (χ0) is 16.5. The molecule has 0 radical (unpaired) electrons. The molecule has 0 saturated heterocycles. The molecule has 0 heterocycles. The van der Waals surface area contributed by atoms with Gasteiger partial charge in [-0.05, 0) is 12.1 Å². The first kappa shape index (κ1) is 17.8. The molecular weight excluding hydrogens is 300 g/mol. The van der Waals surface area contributed by atoms with Crippen molar-refractivity contribution in [3.05, 3.63) is 29.8 Å². The first-order valence-electron chi connectivity index (χ1n) is 6.41. The third-order valence-electron chi connectivity index (χ3n) is 2.50. The van der Waals surface area contributed by atoms with Crippen LogP contribution in [0.5, 0.6) is 5.75 Å². The number of halogens is 2. The van der Waals surface area contributed by atoms with E-state index in [-0.39, 0.29) is 32.0 Å². The summed E-state index contributed by atoms with van der Waals surface area (Å²) in [4.78, 5) is 22.1. The van der Waals surface area contributed by atoms with E-state index in [9.17, 15) is 23.5 Å². The predicted octanol–water partition coefficient (Wildman–Crippen LogP) is -1.10. The van der Waals surface area contributed by atoms with Crippen molar-refractivity contribution in [1.82, 2.24) is 10.6 Å². The van der Waals surface area contributed by atoms with Crippen molar-refractivity contribution in [2.45, 2.75) is 6.10 Å². The molecule has 0 fully saturated rings. The molecule has 1 atom stereocenters. The van der Waals surface area contributed by atoms with E-state index in [0.29, 0.717) is 0 Å². The first-order valence-corrected chi connectivity index (χ1v) is 6.41. The summed E-state index contributed by atoms with van der Waals surface area (Å²) in [5.74, 6) is -2.99. The summed E-state index contributed by atoms with van der Waals surface area (Å²) in [6.45, 7) is -0.827. The zero-order valence-corrected chi connectivity index (χ0v) is 11.6. The van der Waals surface area contributed by atoms with Crippen molar-refractivity contribution in [1.29, 1.82) is 0 Å². The summed E-state index contributed by atoms with van der Waals surface area (Å²) in [5.41, 5.74) is 5.04. The van der Waals surface area contributed by atoms with Gasteiger partial charge in [0.15, 0.2) is 11.6 Å². The number of aliphatic hydroxyl groups is 1. The van der Waals surface area contributed by atoms with Crippen LogP contribution in [0.15, 0.2) is 18.2 Å². The number of benzene rings is 1. The average Bonchev–Trinajstić information content (AvgIpc) is 2.51. The summed E-state index contributed by atoms with van der Waals surface area (Å²) in [7, 11) is 0. The lowest BCUT2D eigenvalue weighted by Crippen LogP contribution is -2.42. The van der Waals surface area contributed by atoms with Crippen LogP contribution < -0.4 is 21.1 Å². The fourth-order valence-corrected chi connectivity index (χ4v) is 1.36. The van der Waals surface area contributed by atoms with Gasteiger partial charge >= 0.3 is 0 Å². The molecule has 7 nitrogen and oxygen atoms in total. The topological polar surface area (TPSA) is 114 Å². The lowest BCUT2D eigenvalue weighted by atomic mass is 10.3. The van der Waals surface area contributed by atoms with E-state index in [1.807, 2.05) is 0 Å². The van der Waals surface area contributed by atoms with Crippen LogP contribution in [0.1, 0.15) is 0 Å². The number of ether oxygens (including phenoxy) is 1. The van der Waals surface area contributed by atoms with Gasteiger partial charge in [-0.2, -0.15) is 0 Å². The van der Waals surface area contributed by atoms with Gasteiger partial charge in [-0.3, -0.25) is 9.59 Å². The van der Waals surface area contributed by atoms with Crippen LogP contribution in [0.3, 0.4) is 0 Å². The number of nitrogens with one attached hydrogen (secondary N) is 2. The van der Waals surface area contributed by atoms with Gasteiger partial charge in [0, 0.05) is 12.6 Å². The molecule has 0 aliphatic heterocycles. The Bertz CT molecular complexity index is 528. The number of hydrogen-bond donors (Lipinski definition) is 4. The Morgan fingerprint density at radius 3 is 2.59 bits per heavy atom. The second kappa shape index (κ2) is 8.90. The molecule has 22 heavy (non-hydrogen) atoms. The van der Waals surface area contributed by atoms with E-state index >= 15 is 0 Å². The summed E-state index contributed by atoms with van der Waals surface area (Å²) in [6, 6.07) is 2.97. The molecule has 0 spiro atoms. The van der Waals surface area contributed by atoms with Crippen LogP contribution in [0, 0.1) is 11.6 Å². The molecule has 122 valence electrons. The summed E-state index contributed by atoms with van der Waals surface area (Å²) < 4.78 is 30.7.